The second kappa shape index (κ2) is 8.39. The fourth-order valence-corrected chi connectivity index (χ4v) is 4.71. The molecule has 150 valence electrons. The van der Waals surface area contributed by atoms with Crippen LogP contribution in [0.15, 0.2) is 17.0 Å². The van der Waals surface area contributed by atoms with E-state index in [1.807, 2.05) is 0 Å². The van der Waals surface area contributed by atoms with Crippen LogP contribution < -0.4 is 0 Å². The van der Waals surface area contributed by atoms with Gasteiger partial charge in [0.15, 0.2) is 6.61 Å². The molecule has 0 aromatic heterocycles. The second-order valence-electron chi connectivity index (χ2n) is 7.37. The van der Waals surface area contributed by atoms with Crippen LogP contribution in [0, 0.1) is 19.8 Å². The van der Waals surface area contributed by atoms with E-state index < -0.39 is 16.0 Å². The zero-order valence-electron chi connectivity index (χ0n) is 16.6. The quantitative estimate of drug-likeness (QED) is 0.711. The minimum Gasteiger partial charge on any atom is -0.452 e. The normalized spacial score (nSPS) is 16.2. The molecule has 0 N–H and O–H groups in total. The van der Waals surface area contributed by atoms with Crippen molar-refractivity contribution in [2.24, 2.45) is 5.92 Å². The van der Waals surface area contributed by atoms with Gasteiger partial charge in [0.1, 0.15) is 0 Å². The van der Waals surface area contributed by atoms with Crippen molar-refractivity contribution in [1.29, 1.82) is 0 Å². The van der Waals surface area contributed by atoms with Gasteiger partial charge in [-0.3, -0.25) is 4.79 Å². The lowest BCUT2D eigenvalue weighted by molar-refractivity contribution is -0.131. The number of amides is 1. The third-order valence-corrected chi connectivity index (χ3v) is 7.07. The molecule has 1 fully saturated rings. The van der Waals surface area contributed by atoms with E-state index in [2.05, 4.69) is 6.92 Å². The molecule has 0 atom stereocenters. The fourth-order valence-electron chi connectivity index (χ4n) is 2.92. The largest absolute Gasteiger partial charge is 0.452 e. The maximum absolute atomic E-state index is 13.1. The van der Waals surface area contributed by atoms with Crippen molar-refractivity contribution >= 4 is 21.9 Å². The molecule has 0 radical (unpaired) electrons. The Hall–Kier alpha value is -1.93. The maximum Gasteiger partial charge on any atom is 0.338 e. The number of aryl methyl sites for hydroxylation is 1. The zero-order valence-corrected chi connectivity index (χ0v) is 17.4. The smallest absolute Gasteiger partial charge is 0.338 e. The van der Waals surface area contributed by atoms with E-state index in [0.717, 1.165) is 12.8 Å². The number of hydrogen-bond donors (Lipinski definition) is 0. The van der Waals surface area contributed by atoms with E-state index in [9.17, 15) is 18.0 Å². The Bertz CT molecular complexity index is 825. The van der Waals surface area contributed by atoms with Crippen molar-refractivity contribution in [2.75, 3.05) is 33.8 Å². The number of ether oxygens (including phenoxy) is 1. The van der Waals surface area contributed by atoms with Crippen molar-refractivity contribution in [3.8, 4) is 0 Å². The first-order chi connectivity index (χ1) is 12.5. The number of likely N-dealkylation sites (N-methyl/N-ethyl adjacent to an activating group) is 1. The SMILES string of the molecule is Cc1cc(C(=O)OCC(=O)N(C)C)cc(S(=O)(=O)N2CCC(C)CC2)c1C. The number of hydrogen-bond acceptors (Lipinski definition) is 5. The predicted octanol–water partition coefficient (Wildman–Crippen LogP) is 1.97. The zero-order chi connectivity index (χ0) is 20.4. The van der Waals surface area contributed by atoms with Crippen LogP contribution in [0.25, 0.3) is 0 Å². The molecule has 1 aromatic rings. The highest BCUT2D eigenvalue weighted by molar-refractivity contribution is 7.89. The third-order valence-electron chi connectivity index (χ3n) is 5.04. The predicted molar refractivity (Wildman–Crippen MR) is 102 cm³/mol. The summed E-state index contributed by atoms with van der Waals surface area (Å²) >= 11 is 0. The van der Waals surface area contributed by atoms with Gasteiger partial charge < -0.3 is 9.64 Å². The maximum atomic E-state index is 13.1. The van der Waals surface area contributed by atoms with Crippen LogP contribution in [-0.4, -0.2) is 63.3 Å². The summed E-state index contributed by atoms with van der Waals surface area (Å²) < 4.78 is 32.7. The average Bonchev–Trinajstić information content (AvgIpc) is 2.61. The van der Waals surface area contributed by atoms with E-state index in [4.69, 9.17) is 4.74 Å². The molecule has 1 amide bonds. The Morgan fingerprint density at radius 3 is 2.33 bits per heavy atom. The first kappa shape index (κ1) is 21.4. The van der Waals surface area contributed by atoms with E-state index in [1.54, 1.807) is 34.0 Å². The van der Waals surface area contributed by atoms with Gasteiger partial charge >= 0.3 is 5.97 Å². The summed E-state index contributed by atoms with van der Waals surface area (Å²) in [5.74, 6) is -0.547. The number of esters is 1. The number of rotatable bonds is 5. The van der Waals surface area contributed by atoms with Gasteiger partial charge in [0.2, 0.25) is 10.0 Å². The summed E-state index contributed by atoms with van der Waals surface area (Å²) in [7, 11) is -0.557. The summed E-state index contributed by atoms with van der Waals surface area (Å²) in [6.45, 7) is 6.19. The average molecular weight is 397 g/mol. The molecule has 1 saturated heterocycles. The Kier molecular flexibility index (Phi) is 6.64. The molecule has 0 aliphatic carbocycles. The van der Waals surface area contributed by atoms with Crippen LogP contribution in [0.1, 0.15) is 41.3 Å². The minimum atomic E-state index is -3.69. The molecule has 8 heteroatoms. The van der Waals surface area contributed by atoms with Gasteiger partial charge in [-0.1, -0.05) is 6.92 Å². The monoisotopic (exact) mass is 396 g/mol. The van der Waals surface area contributed by atoms with Gasteiger partial charge in [0.25, 0.3) is 5.91 Å². The van der Waals surface area contributed by atoms with E-state index in [0.29, 0.717) is 30.1 Å². The van der Waals surface area contributed by atoms with Crippen LogP contribution in [0.5, 0.6) is 0 Å². The van der Waals surface area contributed by atoms with Crippen LogP contribution in [0.3, 0.4) is 0 Å². The van der Waals surface area contributed by atoms with Crippen LogP contribution >= 0.6 is 0 Å². The highest BCUT2D eigenvalue weighted by Crippen LogP contribution is 2.28. The third kappa shape index (κ3) is 4.87. The minimum absolute atomic E-state index is 0.128. The Morgan fingerprint density at radius 1 is 1.19 bits per heavy atom. The summed E-state index contributed by atoms with van der Waals surface area (Å²) in [6, 6.07) is 2.95. The van der Waals surface area contributed by atoms with Gasteiger partial charge in [-0.15, -0.1) is 0 Å². The number of benzene rings is 1. The number of nitrogens with zero attached hydrogens (tertiary/aromatic N) is 2. The lowest BCUT2D eigenvalue weighted by atomic mass is 10.0. The molecule has 1 aromatic carbocycles. The molecule has 27 heavy (non-hydrogen) atoms. The Balaban J connectivity index is 2.30. The summed E-state index contributed by atoms with van der Waals surface area (Å²) in [5, 5.41) is 0. The molecular weight excluding hydrogens is 368 g/mol. The highest BCUT2D eigenvalue weighted by Gasteiger charge is 2.30. The van der Waals surface area contributed by atoms with Crippen LogP contribution in [0.2, 0.25) is 0 Å². The van der Waals surface area contributed by atoms with Gasteiger partial charge in [0.05, 0.1) is 10.5 Å². The Labute approximate surface area is 161 Å². The molecule has 1 aliphatic heterocycles. The molecular formula is C19H28N2O5S. The lowest BCUT2D eigenvalue weighted by Crippen LogP contribution is -2.38. The summed E-state index contributed by atoms with van der Waals surface area (Å²) in [5.41, 5.74) is 1.44. The molecule has 1 aliphatic rings. The number of carbonyl (C=O) groups excluding carboxylic acids is 2. The van der Waals surface area contributed by atoms with E-state index in [-0.39, 0.29) is 23.0 Å². The lowest BCUT2D eigenvalue weighted by Gasteiger charge is -2.30. The van der Waals surface area contributed by atoms with Crippen molar-refractivity contribution in [3.63, 3.8) is 0 Å². The van der Waals surface area contributed by atoms with Crippen molar-refractivity contribution in [1.82, 2.24) is 9.21 Å². The fraction of sp³-hybridized carbons (Fsp3) is 0.579. The topological polar surface area (TPSA) is 84.0 Å². The van der Waals surface area contributed by atoms with E-state index in [1.165, 1.54) is 15.3 Å². The molecule has 2 rings (SSSR count). The van der Waals surface area contributed by atoms with Gasteiger partial charge in [-0.25, -0.2) is 13.2 Å². The first-order valence-corrected chi connectivity index (χ1v) is 10.5. The summed E-state index contributed by atoms with van der Waals surface area (Å²) in [4.78, 5) is 25.4. The number of piperidine rings is 1. The van der Waals surface area contributed by atoms with E-state index >= 15 is 0 Å². The molecule has 7 nitrogen and oxygen atoms in total. The molecule has 0 spiro atoms. The van der Waals surface area contributed by atoms with Crippen molar-refractivity contribution < 1.29 is 22.7 Å². The van der Waals surface area contributed by atoms with Gasteiger partial charge in [0, 0.05) is 27.2 Å². The Morgan fingerprint density at radius 2 is 1.78 bits per heavy atom. The van der Waals surface area contributed by atoms with Crippen LogP contribution in [0.4, 0.5) is 0 Å². The number of sulfonamides is 1. The molecule has 0 bridgehead atoms. The molecule has 1 heterocycles. The number of carbonyl (C=O) groups is 2. The first-order valence-electron chi connectivity index (χ1n) is 9.02. The highest BCUT2D eigenvalue weighted by atomic mass is 32.2. The molecule has 0 unspecified atom stereocenters. The summed E-state index contributed by atoms with van der Waals surface area (Å²) in [6.07, 6.45) is 1.65. The second-order valence-corrected chi connectivity index (χ2v) is 9.27. The molecule has 0 saturated carbocycles. The van der Waals surface area contributed by atoms with Gasteiger partial charge in [-0.2, -0.15) is 4.31 Å². The van der Waals surface area contributed by atoms with Crippen molar-refractivity contribution in [2.45, 2.75) is 38.5 Å². The van der Waals surface area contributed by atoms with Gasteiger partial charge in [-0.05, 0) is 55.9 Å². The van der Waals surface area contributed by atoms with Crippen molar-refractivity contribution in [3.05, 3.63) is 28.8 Å². The standard InChI is InChI=1S/C19H28N2O5S/c1-13-6-8-21(9-7-13)27(24,25)17-11-16(10-14(2)15(17)3)19(23)26-12-18(22)20(4)5/h10-11,13H,6-9,12H2,1-5H3. The van der Waals surface area contributed by atoms with Crippen LogP contribution in [-0.2, 0) is 19.6 Å².